The molecule has 100 valence electrons. The van der Waals surface area contributed by atoms with E-state index in [2.05, 4.69) is 31.9 Å². The molecule has 0 spiro atoms. The topological polar surface area (TPSA) is 26.0 Å². The van der Waals surface area contributed by atoms with Gasteiger partial charge in [0.05, 0.1) is 4.47 Å². The normalized spacial score (nSPS) is 12.5. The van der Waals surface area contributed by atoms with Gasteiger partial charge in [0, 0.05) is 10.5 Å². The molecule has 0 aliphatic heterocycles. The van der Waals surface area contributed by atoms with Crippen LogP contribution < -0.4 is 5.73 Å². The molecule has 0 radical (unpaired) electrons. The van der Waals surface area contributed by atoms with E-state index in [0.29, 0.717) is 10.9 Å². The Kier molecular flexibility index (Phi) is 4.76. The van der Waals surface area contributed by atoms with Crippen molar-refractivity contribution in [3.05, 3.63) is 67.9 Å². The van der Waals surface area contributed by atoms with Gasteiger partial charge in [-0.15, -0.1) is 0 Å². The minimum Gasteiger partial charge on any atom is -0.324 e. The SMILES string of the molecule is Cc1ccc(Br)cc1C(N)Cc1cccc(F)c1Br. The van der Waals surface area contributed by atoms with Crippen LogP contribution in [0, 0.1) is 12.7 Å². The highest BCUT2D eigenvalue weighted by Crippen LogP contribution is 2.27. The van der Waals surface area contributed by atoms with E-state index < -0.39 is 0 Å². The molecule has 2 N–H and O–H groups in total. The van der Waals surface area contributed by atoms with Crippen molar-refractivity contribution in [3.8, 4) is 0 Å². The van der Waals surface area contributed by atoms with Gasteiger partial charge in [0.2, 0.25) is 0 Å². The van der Waals surface area contributed by atoms with Gasteiger partial charge >= 0.3 is 0 Å². The second kappa shape index (κ2) is 6.16. The van der Waals surface area contributed by atoms with Crippen molar-refractivity contribution in [2.24, 2.45) is 5.73 Å². The number of benzene rings is 2. The second-order valence-electron chi connectivity index (χ2n) is 4.52. The van der Waals surface area contributed by atoms with Crippen molar-refractivity contribution < 1.29 is 4.39 Å². The van der Waals surface area contributed by atoms with Crippen LogP contribution in [0.4, 0.5) is 4.39 Å². The number of aryl methyl sites for hydroxylation is 1. The van der Waals surface area contributed by atoms with Gasteiger partial charge in [-0.1, -0.05) is 34.1 Å². The number of rotatable bonds is 3. The third-order valence-electron chi connectivity index (χ3n) is 3.11. The molecule has 0 amide bonds. The van der Waals surface area contributed by atoms with Crippen molar-refractivity contribution >= 4 is 31.9 Å². The fourth-order valence-corrected chi connectivity index (χ4v) is 2.87. The van der Waals surface area contributed by atoms with Gasteiger partial charge in [0.25, 0.3) is 0 Å². The lowest BCUT2D eigenvalue weighted by Gasteiger charge is -2.16. The number of nitrogens with two attached hydrogens (primary N) is 1. The van der Waals surface area contributed by atoms with Gasteiger partial charge in [-0.2, -0.15) is 0 Å². The number of halogens is 3. The molecule has 0 aliphatic carbocycles. The third-order valence-corrected chi connectivity index (χ3v) is 4.49. The molecule has 0 fully saturated rings. The predicted molar refractivity (Wildman–Crippen MR) is 83.6 cm³/mol. The summed E-state index contributed by atoms with van der Waals surface area (Å²) >= 11 is 6.73. The maximum absolute atomic E-state index is 13.5. The largest absolute Gasteiger partial charge is 0.324 e. The first-order valence-corrected chi connectivity index (χ1v) is 7.52. The van der Waals surface area contributed by atoms with E-state index in [4.69, 9.17) is 5.73 Å². The first-order chi connectivity index (χ1) is 8.99. The summed E-state index contributed by atoms with van der Waals surface area (Å²) in [6, 6.07) is 10.9. The molecule has 0 aromatic heterocycles. The maximum Gasteiger partial charge on any atom is 0.137 e. The molecule has 2 rings (SSSR count). The molecule has 19 heavy (non-hydrogen) atoms. The maximum atomic E-state index is 13.5. The standard InChI is InChI=1S/C15H14Br2FN/c1-9-5-6-11(16)8-12(9)14(19)7-10-3-2-4-13(18)15(10)17/h2-6,8,14H,7,19H2,1H3. The molecule has 4 heteroatoms. The molecule has 1 nitrogen and oxygen atoms in total. The van der Waals surface area contributed by atoms with Gasteiger partial charge in [-0.05, 0) is 64.2 Å². The summed E-state index contributed by atoms with van der Waals surface area (Å²) in [5.74, 6) is -0.254. The van der Waals surface area contributed by atoms with E-state index in [9.17, 15) is 4.39 Å². The molecule has 0 saturated carbocycles. The van der Waals surface area contributed by atoms with Gasteiger partial charge in [-0.25, -0.2) is 4.39 Å². The zero-order valence-electron chi connectivity index (χ0n) is 10.5. The summed E-state index contributed by atoms with van der Waals surface area (Å²) in [5, 5.41) is 0. The fraction of sp³-hybridized carbons (Fsp3) is 0.200. The molecular weight excluding hydrogens is 373 g/mol. The van der Waals surface area contributed by atoms with Crippen LogP contribution in [-0.2, 0) is 6.42 Å². The van der Waals surface area contributed by atoms with Crippen molar-refractivity contribution in [1.82, 2.24) is 0 Å². The van der Waals surface area contributed by atoms with Crippen LogP contribution in [0.15, 0.2) is 45.3 Å². The van der Waals surface area contributed by atoms with Crippen LogP contribution in [0.3, 0.4) is 0 Å². The molecular formula is C15H14Br2FN. The number of hydrogen-bond acceptors (Lipinski definition) is 1. The number of hydrogen-bond donors (Lipinski definition) is 1. The monoisotopic (exact) mass is 385 g/mol. The Hall–Kier alpha value is -0.710. The average molecular weight is 387 g/mol. The zero-order chi connectivity index (χ0) is 14.0. The summed E-state index contributed by atoms with van der Waals surface area (Å²) < 4.78 is 15.0. The van der Waals surface area contributed by atoms with E-state index in [1.807, 2.05) is 31.2 Å². The van der Waals surface area contributed by atoms with Gasteiger partial charge in [0.1, 0.15) is 5.82 Å². The van der Waals surface area contributed by atoms with Crippen molar-refractivity contribution in [2.45, 2.75) is 19.4 Å². The van der Waals surface area contributed by atoms with E-state index in [1.54, 1.807) is 6.07 Å². The second-order valence-corrected chi connectivity index (χ2v) is 6.23. The molecule has 1 atom stereocenters. The Morgan fingerprint density at radius 3 is 2.68 bits per heavy atom. The Labute approximate surface area is 129 Å². The molecule has 0 aliphatic rings. The lowest BCUT2D eigenvalue weighted by Crippen LogP contribution is -2.15. The van der Waals surface area contributed by atoms with Crippen LogP contribution in [0.25, 0.3) is 0 Å². The first kappa shape index (κ1) is 14.7. The van der Waals surface area contributed by atoms with Crippen LogP contribution in [-0.4, -0.2) is 0 Å². The third kappa shape index (κ3) is 3.44. The Morgan fingerprint density at radius 1 is 1.21 bits per heavy atom. The smallest absolute Gasteiger partial charge is 0.137 e. The van der Waals surface area contributed by atoms with Crippen molar-refractivity contribution in [1.29, 1.82) is 0 Å². The summed E-state index contributed by atoms with van der Waals surface area (Å²) in [6.07, 6.45) is 0.593. The van der Waals surface area contributed by atoms with Crippen molar-refractivity contribution in [3.63, 3.8) is 0 Å². The minimum absolute atomic E-state index is 0.157. The van der Waals surface area contributed by atoms with Crippen molar-refractivity contribution in [2.75, 3.05) is 0 Å². The molecule has 1 unspecified atom stereocenters. The summed E-state index contributed by atoms with van der Waals surface area (Å²) in [7, 11) is 0. The lowest BCUT2D eigenvalue weighted by molar-refractivity contribution is 0.614. The highest BCUT2D eigenvalue weighted by atomic mass is 79.9. The molecule has 0 saturated heterocycles. The molecule has 0 bridgehead atoms. The Morgan fingerprint density at radius 2 is 1.95 bits per heavy atom. The fourth-order valence-electron chi connectivity index (χ4n) is 2.06. The Balaban J connectivity index is 2.28. The van der Waals surface area contributed by atoms with E-state index in [-0.39, 0.29) is 11.9 Å². The highest BCUT2D eigenvalue weighted by Gasteiger charge is 2.13. The Bertz CT molecular complexity index is 599. The van der Waals surface area contributed by atoms with Crippen LogP contribution in [0.5, 0.6) is 0 Å². The van der Waals surface area contributed by atoms with Crippen LogP contribution in [0.2, 0.25) is 0 Å². The molecule has 2 aromatic rings. The minimum atomic E-state index is -0.254. The van der Waals surface area contributed by atoms with Gasteiger partial charge < -0.3 is 5.73 Å². The average Bonchev–Trinajstić information content (AvgIpc) is 2.38. The quantitative estimate of drug-likeness (QED) is 0.797. The summed E-state index contributed by atoms with van der Waals surface area (Å²) in [5.41, 5.74) is 9.35. The highest BCUT2D eigenvalue weighted by molar-refractivity contribution is 9.10. The summed E-state index contributed by atoms with van der Waals surface area (Å²) in [4.78, 5) is 0. The van der Waals surface area contributed by atoms with Crippen LogP contribution >= 0.6 is 31.9 Å². The van der Waals surface area contributed by atoms with Crippen LogP contribution in [0.1, 0.15) is 22.7 Å². The van der Waals surface area contributed by atoms with Gasteiger partial charge in [0.15, 0.2) is 0 Å². The van der Waals surface area contributed by atoms with E-state index in [1.165, 1.54) is 6.07 Å². The zero-order valence-corrected chi connectivity index (χ0v) is 13.6. The molecule has 2 aromatic carbocycles. The van der Waals surface area contributed by atoms with E-state index in [0.717, 1.165) is 21.2 Å². The molecule has 0 heterocycles. The van der Waals surface area contributed by atoms with E-state index >= 15 is 0 Å². The van der Waals surface area contributed by atoms with Gasteiger partial charge in [-0.3, -0.25) is 0 Å². The first-order valence-electron chi connectivity index (χ1n) is 5.93. The lowest BCUT2D eigenvalue weighted by atomic mass is 9.96. The summed E-state index contributed by atoms with van der Waals surface area (Å²) in [6.45, 7) is 2.03. The predicted octanol–water partition coefficient (Wildman–Crippen LogP) is 4.90.